The van der Waals surface area contributed by atoms with E-state index in [9.17, 15) is 18.0 Å². The zero-order chi connectivity index (χ0) is 20.4. The number of likely N-dealkylation sites (N-methyl/N-ethyl adjacent to an activating group) is 1. The number of aromatic nitrogens is 2. The summed E-state index contributed by atoms with van der Waals surface area (Å²) < 4.78 is 39.6. The molecule has 0 aliphatic carbocycles. The average molecular weight is 402 g/mol. The number of nitrogens with zero attached hydrogens (tertiary/aromatic N) is 3. The number of carbonyl (C=O) groups excluding carboxylic acids is 1. The molecule has 0 aliphatic heterocycles. The molecule has 0 unspecified atom stereocenters. The predicted octanol–water partition coefficient (Wildman–Crippen LogP) is 3.75. The predicted molar refractivity (Wildman–Crippen MR) is 101 cm³/mol. The smallest absolute Gasteiger partial charge is 0.353 e. The van der Waals surface area contributed by atoms with Gasteiger partial charge in [-0.1, -0.05) is 0 Å². The van der Waals surface area contributed by atoms with Gasteiger partial charge in [-0.3, -0.25) is 9.69 Å². The van der Waals surface area contributed by atoms with Crippen LogP contribution in [0.4, 0.5) is 13.2 Å². The molecule has 5 nitrogen and oxygen atoms in total. The van der Waals surface area contributed by atoms with Crippen LogP contribution in [0.25, 0.3) is 11.3 Å². The first-order chi connectivity index (χ1) is 12.5. The maximum Gasteiger partial charge on any atom is 0.406 e. The Morgan fingerprint density at radius 3 is 2.63 bits per heavy atom. The van der Waals surface area contributed by atoms with Crippen molar-refractivity contribution in [2.24, 2.45) is 0 Å². The number of aryl methyl sites for hydroxylation is 1. The van der Waals surface area contributed by atoms with Crippen molar-refractivity contribution >= 4 is 17.2 Å². The molecule has 0 bridgehead atoms. The molecule has 2 aromatic rings. The number of hydrogen-bond acceptors (Lipinski definition) is 4. The highest BCUT2D eigenvalue weighted by Crippen LogP contribution is 2.30. The Morgan fingerprint density at radius 1 is 1.37 bits per heavy atom. The number of nitrogens with one attached hydrogen (secondary N) is 1. The minimum absolute atomic E-state index is 0.0556. The second-order valence-corrected chi connectivity index (χ2v) is 7.95. The fourth-order valence-corrected chi connectivity index (χ4v) is 3.76. The molecule has 0 fully saturated rings. The van der Waals surface area contributed by atoms with Crippen LogP contribution in [0.15, 0.2) is 11.4 Å². The van der Waals surface area contributed by atoms with Crippen LogP contribution in [-0.4, -0.2) is 46.2 Å². The van der Waals surface area contributed by atoms with Crippen molar-refractivity contribution < 1.29 is 18.0 Å². The summed E-state index contributed by atoms with van der Waals surface area (Å²) in [6.45, 7) is 6.90. The molecule has 150 valence electrons. The van der Waals surface area contributed by atoms with Crippen molar-refractivity contribution in [2.75, 3.05) is 13.6 Å². The van der Waals surface area contributed by atoms with E-state index in [1.165, 1.54) is 15.9 Å². The van der Waals surface area contributed by atoms with E-state index in [1.807, 2.05) is 31.2 Å². The van der Waals surface area contributed by atoms with E-state index in [-0.39, 0.29) is 18.5 Å². The molecule has 2 rings (SSSR count). The molecule has 2 aromatic heterocycles. The topological polar surface area (TPSA) is 50.2 Å². The second kappa shape index (κ2) is 8.43. The lowest BCUT2D eigenvalue weighted by molar-refractivity contribution is -0.141. The number of rotatable bonds is 7. The minimum atomic E-state index is -4.27. The number of alkyl halides is 3. The van der Waals surface area contributed by atoms with Crippen LogP contribution in [0.1, 0.15) is 30.2 Å². The van der Waals surface area contributed by atoms with Crippen LogP contribution >= 0.6 is 11.3 Å². The standard InChI is InChI=1S/C18H25F3N4OS/c1-11(2)22-16(26)7-24(5)8-17-23-15(9-27-17)14-6-12(3)25(13(14)4)10-18(19,20)21/h6,9,11H,7-8,10H2,1-5H3,(H,22,26). The van der Waals surface area contributed by atoms with Gasteiger partial charge in [-0.2, -0.15) is 13.2 Å². The van der Waals surface area contributed by atoms with Gasteiger partial charge >= 0.3 is 6.18 Å². The van der Waals surface area contributed by atoms with Gasteiger partial charge < -0.3 is 9.88 Å². The number of thiazole rings is 1. The minimum Gasteiger partial charge on any atom is -0.353 e. The lowest BCUT2D eigenvalue weighted by Gasteiger charge is -2.16. The van der Waals surface area contributed by atoms with Crippen LogP contribution in [0.2, 0.25) is 0 Å². The Bertz CT molecular complexity index is 795. The van der Waals surface area contributed by atoms with E-state index in [4.69, 9.17) is 0 Å². The van der Waals surface area contributed by atoms with Gasteiger partial charge in [0.1, 0.15) is 11.6 Å². The maximum absolute atomic E-state index is 12.8. The molecule has 0 saturated carbocycles. The summed E-state index contributed by atoms with van der Waals surface area (Å²) in [5.74, 6) is -0.0556. The molecule has 0 aliphatic rings. The first-order valence-corrected chi connectivity index (χ1v) is 9.50. The lowest BCUT2D eigenvalue weighted by Crippen LogP contribution is -2.38. The van der Waals surface area contributed by atoms with Gasteiger partial charge in [0.15, 0.2) is 0 Å². The highest BCUT2D eigenvalue weighted by molar-refractivity contribution is 7.09. The van der Waals surface area contributed by atoms with Gasteiger partial charge in [0.05, 0.1) is 18.8 Å². The molecule has 1 amide bonds. The van der Waals surface area contributed by atoms with Gasteiger partial charge in [0.2, 0.25) is 5.91 Å². The van der Waals surface area contributed by atoms with Crippen molar-refractivity contribution in [3.63, 3.8) is 0 Å². The fourth-order valence-electron chi connectivity index (χ4n) is 2.89. The first kappa shape index (κ1) is 21.4. The number of halogens is 3. The van der Waals surface area contributed by atoms with Crippen molar-refractivity contribution in [3.05, 3.63) is 27.8 Å². The third kappa shape index (κ3) is 6.07. The zero-order valence-corrected chi connectivity index (χ0v) is 17.0. The van der Waals surface area contributed by atoms with Crippen LogP contribution < -0.4 is 5.32 Å². The number of amides is 1. The molecular weight excluding hydrogens is 377 g/mol. The van der Waals surface area contributed by atoms with Gasteiger partial charge in [-0.25, -0.2) is 4.98 Å². The monoisotopic (exact) mass is 402 g/mol. The lowest BCUT2D eigenvalue weighted by atomic mass is 10.2. The van der Waals surface area contributed by atoms with Crippen molar-refractivity contribution in [3.8, 4) is 11.3 Å². The molecule has 27 heavy (non-hydrogen) atoms. The first-order valence-electron chi connectivity index (χ1n) is 8.62. The molecule has 0 spiro atoms. The van der Waals surface area contributed by atoms with E-state index in [1.54, 1.807) is 19.9 Å². The summed E-state index contributed by atoms with van der Waals surface area (Å²) in [4.78, 5) is 18.2. The number of hydrogen-bond donors (Lipinski definition) is 1. The van der Waals surface area contributed by atoms with Crippen LogP contribution in [0.3, 0.4) is 0 Å². The SMILES string of the molecule is Cc1cc(-c2csc(CN(C)CC(=O)NC(C)C)n2)c(C)n1CC(F)(F)F. The molecule has 9 heteroatoms. The molecule has 2 heterocycles. The molecule has 0 atom stereocenters. The summed E-state index contributed by atoms with van der Waals surface area (Å²) in [5.41, 5.74) is 2.47. The molecule has 0 radical (unpaired) electrons. The van der Waals surface area contributed by atoms with Gasteiger partial charge in [0, 0.05) is 28.4 Å². The summed E-state index contributed by atoms with van der Waals surface area (Å²) in [7, 11) is 1.83. The zero-order valence-electron chi connectivity index (χ0n) is 16.1. The van der Waals surface area contributed by atoms with Gasteiger partial charge in [-0.05, 0) is 40.8 Å². The van der Waals surface area contributed by atoms with E-state index in [0.29, 0.717) is 29.2 Å². The van der Waals surface area contributed by atoms with Crippen molar-refractivity contribution in [2.45, 2.75) is 53.0 Å². The summed E-state index contributed by atoms with van der Waals surface area (Å²) in [5, 5.41) is 5.49. The van der Waals surface area contributed by atoms with Crippen molar-refractivity contribution in [1.29, 1.82) is 0 Å². The highest BCUT2D eigenvalue weighted by Gasteiger charge is 2.30. The summed E-state index contributed by atoms with van der Waals surface area (Å²) in [6, 6.07) is 1.82. The Labute approximate surface area is 161 Å². The maximum atomic E-state index is 12.8. The van der Waals surface area contributed by atoms with Crippen LogP contribution in [0, 0.1) is 13.8 Å². The molecule has 0 aromatic carbocycles. The normalized spacial score (nSPS) is 12.2. The van der Waals surface area contributed by atoms with E-state index in [2.05, 4.69) is 10.3 Å². The highest BCUT2D eigenvalue weighted by atomic mass is 32.1. The van der Waals surface area contributed by atoms with Gasteiger partial charge in [-0.15, -0.1) is 11.3 Å². The summed E-state index contributed by atoms with van der Waals surface area (Å²) in [6.07, 6.45) is -4.27. The Balaban J connectivity index is 2.10. The van der Waals surface area contributed by atoms with Crippen LogP contribution in [-0.2, 0) is 17.9 Å². The summed E-state index contributed by atoms with van der Waals surface area (Å²) >= 11 is 1.43. The van der Waals surface area contributed by atoms with E-state index in [0.717, 1.165) is 5.01 Å². The Hall–Kier alpha value is -1.87. The van der Waals surface area contributed by atoms with E-state index < -0.39 is 12.7 Å². The Kier molecular flexibility index (Phi) is 6.69. The molecule has 0 saturated heterocycles. The second-order valence-electron chi connectivity index (χ2n) is 7.01. The third-order valence-corrected chi connectivity index (χ3v) is 4.84. The molecular formula is C18H25F3N4OS. The largest absolute Gasteiger partial charge is 0.406 e. The average Bonchev–Trinajstić information content (AvgIpc) is 3.04. The Morgan fingerprint density at radius 2 is 2.04 bits per heavy atom. The van der Waals surface area contributed by atoms with Gasteiger partial charge in [0.25, 0.3) is 0 Å². The molecule has 1 N–H and O–H groups in total. The van der Waals surface area contributed by atoms with E-state index >= 15 is 0 Å². The fraction of sp³-hybridized carbons (Fsp3) is 0.556. The van der Waals surface area contributed by atoms with Crippen LogP contribution in [0.5, 0.6) is 0 Å². The quantitative estimate of drug-likeness (QED) is 0.768. The number of carbonyl (C=O) groups is 1. The third-order valence-electron chi connectivity index (χ3n) is 4.01. The van der Waals surface area contributed by atoms with Crippen molar-refractivity contribution in [1.82, 2.24) is 19.8 Å².